The Morgan fingerprint density at radius 2 is 1.54 bits per heavy atom. The second-order valence-electron chi connectivity index (χ2n) is 11.5. The summed E-state index contributed by atoms with van der Waals surface area (Å²) in [5.74, 6) is -1.15. The number of pyridine rings is 1. The van der Waals surface area contributed by atoms with E-state index in [0.717, 1.165) is 12.8 Å². The van der Waals surface area contributed by atoms with Crippen molar-refractivity contribution < 1.29 is 58.3 Å². The summed E-state index contributed by atoms with van der Waals surface area (Å²) in [6.45, 7) is -0.946. The van der Waals surface area contributed by atoms with Gasteiger partial charge in [0.25, 0.3) is 10.0 Å². The maximum atomic E-state index is 13.7. The van der Waals surface area contributed by atoms with Gasteiger partial charge in [-0.15, -0.1) is 0 Å². The average molecular weight is 690 g/mol. The molecule has 1 heterocycles. The minimum absolute atomic E-state index is 0.0767. The molecule has 1 aromatic heterocycles. The fourth-order valence-electron chi connectivity index (χ4n) is 4.76. The summed E-state index contributed by atoms with van der Waals surface area (Å²) in [6, 6.07) is 18.6. The highest BCUT2D eigenvalue weighted by Gasteiger charge is 2.41. The molecule has 0 bridgehead atoms. The quantitative estimate of drug-likeness (QED) is 0.0533. The van der Waals surface area contributed by atoms with Crippen molar-refractivity contribution in [3.05, 3.63) is 84.6 Å². The number of hydrogen-bond donors (Lipinski definition) is 9. The number of benzene rings is 2. The molecule has 1 fully saturated rings. The van der Waals surface area contributed by atoms with Crippen LogP contribution in [0.3, 0.4) is 0 Å². The summed E-state index contributed by atoms with van der Waals surface area (Å²) < 4.78 is 40.0. The summed E-state index contributed by atoms with van der Waals surface area (Å²) in [4.78, 5) is 17.7. The molecule has 260 valence electrons. The van der Waals surface area contributed by atoms with Crippen molar-refractivity contribution in [2.45, 2.75) is 73.4 Å². The molecule has 0 saturated heterocycles. The van der Waals surface area contributed by atoms with Crippen LogP contribution >= 0.6 is 0 Å². The highest BCUT2D eigenvalue weighted by atomic mass is 32.2. The Kier molecular flexibility index (Phi) is 13.4. The lowest BCUT2D eigenvalue weighted by atomic mass is 9.75. The van der Waals surface area contributed by atoms with Gasteiger partial charge in [-0.1, -0.05) is 61.4 Å². The molecule has 15 nitrogen and oxygen atoms in total. The summed E-state index contributed by atoms with van der Waals surface area (Å²) in [5, 5.41) is 72.0. The first-order chi connectivity index (χ1) is 22.9. The average Bonchev–Trinajstić information content (AvgIpc) is 3.91. The molecule has 4 rings (SSSR count). The molecule has 7 atom stereocenters. The predicted octanol–water partition coefficient (Wildman–Crippen LogP) is -1.16. The van der Waals surface area contributed by atoms with Gasteiger partial charge in [-0.2, -0.15) is 4.72 Å². The van der Waals surface area contributed by atoms with Crippen molar-refractivity contribution in [3.63, 3.8) is 0 Å². The number of sulfonamides is 1. The number of aliphatic hydroxyl groups is 6. The minimum atomic E-state index is -4.37. The van der Waals surface area contributed by atoms with E-state index < -0.39 is 72.3 Å². The zero-order chi connectivity index (χ0) is 34.8. The topological polar surface area (TPSA) is 248 Å². The molecular formula is C31H40BN3O12S. The number of carbonyl (C=O) groups excluding carboxylic acids is 1. The first-order valence-corrected chi connectivity index (χ1v) is 16.8. The van der Waals surface area contributed by atoms with Gasteiger partial charge in [0.05, 0.1) is 18.7 Å². The molecule has 0 spiro atoms. The highest BCUT2D eigenvalue weighted by molar-refractivity contribution is 7.89. The smallest absolute Gasteiger partial charge is 0.456 e. The number of aromatic nitrogens is 1. The fourth-order valence-corrected chi connectivity index (χ4v) is 5.89. The third-order valence-corrected chi connectivity index (χ3v) is 9.06. The number of nitrogens with zero attached hydrogens (tertiary/aromatic N) is 1. The number of amides is 1. The lowest BCUT2D eigenvalue weighted by Gasteiger charge is -2.30. The lowest BCUT2D eigenvalue weighted by molar-refractivity contribution is -0.186. The third-order valence-electron chi connectivity index (χ3n) is 7.67. The van der Waals surface area contributed by atoms with Crippen LogP contribution in [-0.4, -0.2) is 111 Å². The number of hydrogen-bond acceptors (Lipinski definition) is 13. The Labute approximate surface area is 278 Å². The normalized spacial score (nSPS) is 17.7. The first-order valence-electron chi connectivity index (χ1n) is 15.3. The van der Waals surface area contributed by atoms with Crippen LogP contribution in [0.4, 0.5) is 0 Å². The van der Waals surface area contributed by atoms with Crippen molar-refractivity contribution in [2.75, 3.05) is 6.61 Å². The van der Waals surface area contributed by atoms with Gasteiger partial charge in [0.15, 0.2) is 11.3 Å². The Bertz CT molecular complexity index is 1540. The van der Waals surface area contributed by atoms with Gasteiger partial charge in [-0.25, -0.2) is 13.4 Å². The highest BCUT2D eigenvalue weighted by Crippen LogP contribution is 2.34. The van der Waals surface area contributed by atoms with Crippen LogP contribution in [0.2, 0.25) is 0 Å². The number of para-hydroxylation sites is 1. The van der Waals surface area contributed by atoms with E-state index in [2.05, 4.69) is 15.0 Å². The Morgan fingerprint density at radius 1 is 0.896 bits per heavy atom. The van der Waals surface area contributed by atoms with Gasteiger partial charge in [0.1, 0.15) is 42.0 Å². The molecule has 1 saturated carbocycles. The maximum absolute atomic E-state index is 13.7. The van der Waals surface area contributed by atoms with Crippen LogP contribution in [0.5, 0.6) is 11.5 Å². The van der Waals surface area contributed by atoms with Crippen molar-refractivity contribution in [3.8, 4) is 11.5 Å². The van der Waals surface area contributed by atoms with Crippen LogP contribution in [0.25, 0.3) is 0 Å². The van der Waals surface area contributed by atoms with Crippen LogP contribution in [-0.2, 0) is 25.9 Å². The number of ether oxygens (including phenoxy) is 1. The third kappa shape index (κ3) is 10.8. The number of carbonyl (C=O) groups is 1. The molecule has 0 radical (unpaired) electrons. The molecule has 3 aromatic rings. The summed E-state index contributed by atoms with van der Waals surface area (Å²) in [6.07, 6.45) is -7.74. The molecule has 48 heavy (non-hydrogen) atoms. The number of aliphatic hydroxyl groups excluding tert-OH is 6. The minimum Gasteiger partial charge on any atom is -0.456 e. The van der Waals surface area contributed by atoms with E-state index in [1.54, 1.807) is 54.6 Å². The van der Waals surface area contributed by atoms with Crippen LogP contribution < -0.4 is 14.8 Å². The molecular weight excluding hydrogens is 649 g/mol. The molecule has 9 N–H and O–H groups in total. The van der Waals surface area contributed by atoms with E-state index >= 15 is 0 Å². The van der Waals surface area contributed by atoms with E-state index in [9.17, 15) is 43.8 Å². The van der Waals surface area contributed by atoms with Gasteiger partial charge in [-0.3, -0.25) is 4.79 Å². The van der Waals surface area contributed by atoms with Crippen LogP contribution in [0, 0.1) is 5.92 Å². The number of nitrogens with one attached hydrogen (secondary N) is 2. The van der Waals surface area contributed by atoms with Crippen molar-refractivity contribution >= 4 is 23.0 Å². The molecule has 0 aliphatic heterocycles. The zero-order valence-electron chi connectivity index (χ0n) is 25.8. The first kappa shape index (κ1) is 37.3. The predicted molar refractivity (Wildman–Crippen MR) is 170 cm³/mol. The largest absolute Gasteiger partial charge is 0.480 e. The Balaban J connectivity index is 1.48. The van der Waals surface area contributed by atoms with E-state index in [1.807, 2.05) is 6.07 Å². The summed E-state index contributed by atoms with van der Waals surface area (Å²) >= 11 is 0. The van der Waals surface area contributed by atoms with Crippen molar-refractivity contribution in [1.82, 2.24) is 15.0 Å². The van der Waals surface area contributed by atoms with Crippen LogP contribution in [0.1, 0.15) is 24.8 Å². The van der Waals surface area contributed by atoms with E-state index in [4.69, 9.17) is 14.5 Å². The molecule has 1 aliphatic carbocycles. The van der Waals surface area contributed by atoms with Gasteiger partial charge in [-0.05, 0) is 48.6 Å². The Hall–Kier alpha value is -3.49. The van der Waals surface area contributed by atoms with Gasteiger partial charge in [0.2, 0.25) is 5.91 Å². The second kappa shape index (κ2) is 17.3. The zero-order valence-corrected chi connectivity index (χ0v) is 26.6. The fraction of sp³-hybridized carbons (Fsp3) is 0.419. The lowest BCUT2D eigenvalue weighted by Crippen LogP contribution is -2.57. The number of rotatable bonds is 19. The molecule has 2 aromatic carbocycles. The van der Waals surface area contributed by atoms with Gasteiger partial charge >= 0.3 is 7.12 Å². The van der Waals surface area contributed by atoms with Gasteiger partial charge < -0.3 is 50.4 Å². The second-order valence-corrected chi connectivity index (χ2v) is 13.2. The summed E-state index contributed by atoms with van der Waals surface area (Å²) in [5.41, 5.74) is 0.617. The van der Waals surface area contributed by atoms with Gasteiger partial charge in [0, 0.05) is 0 Å². The summed E-state index contributed by atoms with van der Waals surface area (Å²) in [7, 11) is -6.33. The van der Waals surface area contributed by atoms with Crippen LogP contribution in [0.15, 0.2) is 84.0 Å². The molecule has 1 amide bonds. The molecule has 17 heteroatoms. The van der Waals surface area contributed by atoms with E-state index in [0.29, 0.717) is 11.3 Å². The monoisotopic (exact) mass is 689 g/mol. The standard InChI is InChI=1S/C31H40BN3O12S/c36-18-24(37)27(38)28(39)29(40)31(42)47-32(43)25(16-20-11-12-20)34-30(41)23(15-19-7-3-1-4-8-19)35-48(44,45)26-14-13-22(17-33-26)46-21-9-5-2-6-10-21/h1-10,13-14,17,20,23-25,27-29,31,35-40,42-43H,11-12,15-16,18H2,(H,34,41)/t23-,24+,25-,27+,28-,29-,31?/m0/s1. The Morgan fingerprint density at radius 3 is 2.12 bits per heavy atom. The van der Waals surface area contributed by atoms with Crippen molar-refractivity contribution in [1.29, 1.82) is 0 Å². The van der Waals surface area contributed by atoms with E-state index in [-0.39, 0.29) is 29.5 Å². The SMILES string of the molecule is O=C(N[C@@H](CC1CC1)B(O)OC(O)[C@@H](O)[C@@H](O)[C@H](O)[C@H](O)CO)[C@H](Cc1ccccc1)NS(=O)(=O)c1ccc(Oc2ccccc2)cn1. The molecule has 1 aliphatic rings. The van der Waals surface area contributed by atoms with Crippen molar-refractivity contribution in [2.24, 2.45) is 5.92 Å². The van der Waals surface area contributed by atoms with E-state index in [1.165, 1.54) is 18.3 Å². The molecule has 1 unspecified atom stereocenters. The maximum Gasteiger partial charge on any atom is 0.480 e.